The number of rotatable bonds is 4. The van der Waals surface area contributed by atoms with E-state index >= 15 is 0 Å². The number of thioether (sulfide) groups is 1. The van der Waals surface area contributed by atoms with Crippen LogP contribution in [0.2, 0.25) is 5.02 Å². The Kier molecular flexibility index (Phi) is 6.03. The number of hydrogen-bond donors (Lipinski definition) is 0. The third kappa shape index (κ3) is 3.25. The van der Waals surface area contributed by atoms with Crippen LogP contribution in [0.25, 0.3) is 0 Å². The van der Waals surface area contributed by atoms with Gasteiger partial charge in [0, 0.05) is 48.2 Å². The number of anilines is 1. The monoisotopic (exact) mass is 564 g/mol. The van der Waals surface area contributed by atoms with Crippen molar-refractivity contribution < 1.29 is 14.3 Å². The zero-order valence-corrected chi connectivity index (χ0v) is 23.4. The number of carbonyl (C=O) groups excluding carboxylic acids is 2. The van der Waals surface area contributed by atoms with Crippen molar-refractivity contribution in [1.82, 2.24) is 14.8 Å². The van der Waals surface area contributed by atoms with Crippen molar-refractivity contribution in [2.75, 3.05) is 32.6 Å². The predicted molar refractivity (Wildman–Crippen MR) is 153 cm³/mol. The van der Waals surface area contributed by atoms with Crippen molar-refractivity contribution in [2.45, 2.75) is 22.7 Å². The van der Waals surface area contributed by atoms with Crippen LogP contribution < -0.4 is 9.64 Å². The smallest absolute Gasteiger partial charge is 0.254 e. The van der Waals surface area contributed by atoms with Crippen LogP contribution in [-0.2, 0) is 21.7 Å². The molecule has 2 amide bonds. The Morgan fingerprint density at radius 2 is 1.89 bits per heavy atom. The summed E-state index contributed by atoms with van der Waals surface area (Å²) in [5.41, 5.74) is 1.96. The van der Waals surface area contributed by atoms with Gasteiger partial charge in [-0.25, -0.2) is 0 Å². The maximum absolute atomic E-state index is 14.8. The van der Waals surface area contributed by atoms with E-state index in [2.05, 4.69) is 4.98 Å². The summed E-state index contributed by atoms with van der Waals surface area (Å²) in [6.07, 6.45) is 3.49. The number of halogens is 1. The molecule has 2 saturated heterocycles. The average Bonchev–Trinajstić information content (AvgIpc) is 3.43. The maximum atomic E-state index is 14.8. The molecule has 2 fully saturated rings. The topological polar surface area (TPSA) is 66.0 Å². The summed E-state index contributed by atoms with van der Waals surface area (Å²) in [7, 11) is 5.27. The number of nitrogens with zero attached hydrogens (tertiary/aromatic N) is 4. The Hall–Kier alpha value is -2.98. The molecule has 194 valence electrons. The van der Waals surface area contributed by atoms with Gasteiger partial charge in [-0.3, -0.25) is 24.4 Å². The number of likely N-dealkylation sites (N-methyl/N-ethyl adjacent to an activating group) is 2. The molecule has 7 nitrogen and oxygen atoms in total. The summed E-state index contributed by atoms with van der Waals surface area (Å²) in [4.78, 5) is 38.9. The van der Waals surface area contributed by atoms with Crippen LogP contribution in [0.5, 0.6) is 5.75 Å². The first-order valence-corrected chi connectivity index (χ1v) is 13.7. The number of pyridine rings is 1. The molecule has 0 unspecified atom stereocenters. The molecule has 0 saturated carbocycles. The molecule has 3 aliphatic rings. The van der Waals surface area contributed by atoms with Gasteiger partial charge in [-0.1, -0.05) is 53.8 Å². The number of carbonyl (C=O) groups is 2. The van der Waals surface area contributed by atoms with Gasteiger partial charge in [-0.15, -0.1) is 0 Å². The fourth-order valence-electron chi connectivity index (χ4n) is 6.30. The molecule has 3 aromatic rings. The van der Waals surface area contributed by atoms with E-state index in [1.807, 2.05) is 60.5 Å². The minimum Gasteiger partial charge on any atom is -0.497 e. The number of thiocarbonyl (C=S) groups is 1. The Bertz CT molecular complexity index is 1470. The normalized spacial score (nSPS) is 26.7. The highest BCUT2D eigenvalue weighted by Gasteiger charge is 2.78. The minimum atomic E-state index is -1.30. The molecule has 1 aromatic heterocycles. The molecule has 38 heavy (non-hydrogen) atoms. The van der Waals surface area contributed by atoms with Crippen molar-refractivity contribution in [3.05, 3.63) is 88.7 Å². The molecule has 4 heterocycles. The van der Waals surface area contributed by atoms with Crippen molar-refractivity contribution in [1.29, 1.82) is 0 Å². The Morgan fingerprint density at radius 1 is 1.13 bits per heavy atom. The standard InChI is InChI=1S/C28H25ClN4O3S2/c1-31-16-22(18-5-4-12-30-14-18)28(27(31)21-13-19(29)8-11-23(21)32(2)24(27)34)25(35)33(26(37)38-28)15-17-6-9-20(36-3)10-7-17/h4-14,22H,15-16H2,1-3H3/t22-,27+,28+/m0/s1. The molecule has 0 radical (unpaired) electrons. The van der Waals surface area contributed by atoms with Crippen molar-refractivity contribution >= 4 is 57.4 Å². The summed E-state index contributed by atoms with van der Waals surface area (Å²) < 4.78 is 4.48. The molecule has 10 heteroatoms. The second-order valence-electron chi connectivity index (χ2n) is 9.80. The van der Waals surface area contributed by atoms with Gasteiger partial charge < -0.3 is 9.64 Å². The third-order valence-electron chi connectivity index (χ3n) is 8.00. The molecular formula is C28H25ClN4O3S2. The van der Waals surface area contributed by atoms with Crippen LogP contribution in [0.4, 0.5) is 5.69 Å². The third-order valence-corrected chi connectivity index (χ3v) is 10.2. The van der Waals surface area contributed by atoms with Gasteiger partial charge in [0.2, 0.25) is 5.91 Å². The highest BCUT2D eigenvalue weighted by molar-refractivity contribution is 8.25. The molecule has 3 aliphatic heterocycles. The van der Waals surface area contributed by atoms with Gasteiger partial charge in [-0.2, -0.15) is 0 Å². The van der Waals surface area contributed by atoms with E-state index < -0.39 is 10.3 Å². The summed E-state index contributed by atoms with van der Waals surface area (Å²) in [6.45, 7) is 0.761. The first-order chi connectivity index (χ1) is 18.3. The highest BCUT2D eigenvalue weighted by Crippen LogP contribution is 2.66. The van der Waals surface area contributed by atoms with Crippen molar-refractivity contribution in [2.24, 2.45) is 0 Å². The highest BCUT2D eigenvalue weighted by atomic mass is 35.5. The van der Waals surface area contributed by atoms with Gasteiger partial charge in [0.25, 0.3) is 5.91 Å². The molecule has 2 spiro atoms. The van der Waals surface area contributed by atoms with Crippen molar-refractivity contribution in [3.8, 4) is 5.75 Å². The SMILES string of the molecule is COc1ccc(CN2C(=O)[C@]3(SC2=S)[C@H](c2cccnc2)CN(C)[C@]32C(=O)N(C)c3ccc(Cl)cc32)cc1. The van der Waals surface area contributed by atoms with Crippen LogP contribution >= 0.6 is 35.6 Å². The van der Waals surface area contributed by atoms with Gasteiger partial charge >= 0.3 is 0 Å². The second kappa shape index (κ2) is 9.05. The van der Waals surface area contributed by atoms with E-state index in [1.165, 1.54) is 11.8 Å². The molecule has 0 N–H and O–H groups in total. The van der Waals surface area contributed by atoms with E-state index in [0.29, 0.717) is 22.4 Å². The van der Waals surface area contributed by atoms with Crippen LogP contribution in [0, 0.1) is 0 Å². The molecule has 0 bridgehead atoms. The number of likely N-dealkylation sites (tertiary alicyclic amines) is 1. The zero-order chi connectivity index (χ0) is 26.8. The molecule has 3 atom stereocenters. The fourth-order valence-corrected chi connectivity index (χ4v) is 8.60. The fraction of sp³-hybridized carbons (Fsp3) is 0.286. The lowest BCUT2D eigenvalue weighted by Crippen LogP contribution is -2.62. The van der Waals surface area contributed by atoms with Gasteiger partial charge in [0.05, 0.1) is 13.7 Å². The largest absolute Gasteiger partial charge is 0.497 e. The van der Waals surface area contributed by atoms with Crippen LogP contribution in [0.15, 0.2) is 67.0 Å². The Morgan fingerprint density at radius 3 is 2.58 bits per heavy atom. The molecule has 6 rings (SSSR count). The number of hydrogen-bond acceptors (Lipinski definition) is 7. The Balaban J connectivity index is 1.56. The van der Waals surface area contributed by atoms with E-state index in [4.69, 9.17) is 28.6 Å². The van der Waals surface area contributed by atoms with Crippen LogP contribution in [0.1, 0.15) is 22.6 Å². The Labute approximate surface area is 235 Å². The quantitative estimate of drug-likeness (QED) is 0.434. The average molecular weight is 565 g/mol. The summed E-state index contributed by atoms with van der Waals surface area (Å²) in [5.74, 6) is 0.0329. The number of benzene rings is 2. The van der Waals surface area contributed by atoms with E-state index in [-0.39, 0.29) is 17.7 Å². The summed E-state index contributed by atoms with van der Waals surface area (Å²) in [6, 6.07) is 16.8. The lowest BCUT2D eigenvalue weighted by Gasteiger charge is -2.42. The minimum absolute atomic E-state index is 0.168. The van der Waals surface area contributed by atoms with E-state index in [0.717, 1.165) is 28.1 Å². The first-order valence-electron chi connectivity index (χ1n) is 12.1. The molecular weight excluding hydrogens is 540 g/mol. The lowest BCUT2D eigenvalue weighted by molar-refractivity contribution is -0.139. The number of methoxy groups -OCH3 is 1. The summed E-state index contributed by atoms with van der Waals surface area (Å²) in [5, 5.41) is 0.507. The predicted octanol–water partition coefficient (Wildman–Crippen LogP) is 4.44. The van der Waals surface area contributed by atoms with Crippen LogP contribution in [0.3, 0.4) is 0 Å². The number of amides is 2. The summed E-state index contributed by atoms with van der Waals surface area (Å²) >= 11 is 13.7. The van der Waals surface area contributed by atoms with Crippen molar-refractivity contribution in [3.63, 3.8) is 0 Å². The maximum Gasteiger partial charge on any atom is 0.254 e. The van der Waals surface area contributed by atoms with Gasteiger partial charge in [0.1, 0.15) is 14.8 Å². The van der Waals surface area contributed by atoms with Gasteiger partial charge in [-0.05, 0) is 54.6 Å². The first kappa shape index (κ1) is 25.3. The molecule has 2 aromatic carbocycles. The molecule has 0 aliphatic carbocycles. The zero-order valence-electron chi connectivity index (χ0n) is 21.1. The lowest BCUT2D eigenvalue weighted by atomic mass is 9.72. The number of aromatic nitrogens is 1. The number of ether oxygens (including phenoxy) is 1. The second-order valence-corrected chi connectivity index (χ2v) is 12.1. The number of fused-ring (bicyclic) bond motifs is 3. The van der Waals surface area contributed by atoms with E-state index in [9.17, 15) is 9.59 Å². The van der Waals surface area contributed by atoms with Gasteiger partial charge in [0.15, 0.2) is 5.54 Å². The van der Waals surface area contributed by atoms with E-state index in [1.54, 1.807) is 42.4 Å². The van der Waals surface area contributed by atoms with Crippen LogP contribution in [-0.4, -0.2) is 63.4 Å².